The molecule has 3 aromatic rings. The van der Waals surface area contributed by atoms with Crippen molar-refractivity contribution in [3.05, 3.63) is 38.3 Å². The summed E-state index contributed by atoms with van der Waals surface area (Å²) in [7, 11) is 0. The van der Waals surface area contributed by atoms with E-state index >= 15 is 0 Å². The lowest BCUT2D eigenvalue weighted by atomic mass is 10.1. The topological polar surface area (TPSA) is 33.4 Å². The Hall–Kier alpha value is -0.800. The molecule has 92 valence electrons. The molecule has 18 heavy (non-hydrogen) atoms. The molecule has 0 spiro atoms. The normalized spacial score (nSPS) is 11.6. The first-order chi connectivity index (χ1) is 8.50. The van der Waals surface area contributed by atoms with Gasteiger partial charge < -0.3 is 9.52 Å². The van der Waals surface area contributed by atoms with Crippen LogP contribution in [0.2, 0.25) is 20.1 Å². The van der Waals surface area contributed by atoms with Crippen LogP contribution >= 0.6 is 46.4 Å². The van der Waals surface area contributed by atoms with Crippen molar-refractivity contribution in [1.29, 1.82) is 0 Å². The number of phenolic OH excluding ortho intramolecular Hbond substituents is 1. The second-order valence-electron chi connectivity index (χ2n) is 3.73. The van der Waals surface area contributed by atoms with Gasteiger partial charge in [0, 0.05) is 5.39 Å². The highest BCUT2D eigenvalue weighted by atomic mass is 35.5. The van der Waals surface area contributed by atoms with Crippen LogP contribution in [0.4, 0.5) is 0 Å². The molecule has 3 rings (SSSR count). The molecular formula is C12H4Cl4O2. The molecule has 0 amide bonds. The van der Waals surface area contributed by atoms with E-state index in [1.807, 2.05) is 0 Å². The molecule has 0 aliphatic rings. The summed E-state index contributed by atoms with van der Waals surface area (Å²) in [6.45, 7) is 0. The quantitative estimate of drug-likeness (QED) is 0.558. The minimum atomic E-state index is -0.167. The minimum absolute atomic E-state index is 0.119. The van der Waals surface area contributed by atoms with E-state index in [-0.39, 0.29) is 21.4 Å². The smallest absolute Gasteiger partial charge is 0.180 e. The Kier molecular flexibility index (Phi) is 2.79. The number of phenols is 1. The molecule has 0 saturated carbocycles. The van der Waals surface area contributed by atoms with Gasteiger partial charge in [0.2, 0.25) is 0 Å². The maximum Gasteiger partial charge on any atom is 0.180 e. The zero-order chi connectivity index (χ0) is 13.0. The number of furan rings is 1. The Labute approximate surface area is 122 Å². The van der Waals surface area contributed by atoms with Crippen molar-refractivity contribution in [2.45, 2.75) is 0 Å². The van der Waals surface area contributed by atoms with Gasteiger partial charge in [-0.1, -0.05) is 46.4 Å². The molecular weight excluding hydrogens is 318 g/mol. The van der Waals surface area contributed by atoms with Crippen molar-refractivity contribution in [2.24, 2.45) is 0 Å². The predicted octanol–water partition coefficient (Wildman–Crippen LogP) is 5.91. The van der Waals surface area contributed by atoms with E-state index in [4.69, 9.17) is 50.8 Å². The maximum absolute atomic E-state index is 9.88. The van der Waals surface area contributed by atoms with Crippen molar-refractivity contribution in [3.63, 3.8) is 0 Å². The predicted molar refractivity (Wildman–Crippen MR) is 75.4 cm³/mol. The number of halogens is 4. The van der Waals surface area contributed by atoms with Crippen LogP contribution in [-0.4, -0.2) is 5.11 Å². The number of fused-ring (bicyclic) bond motifs is 3. The van der Waals surface area contributed by atoms with Gasteiger partial charge in [0.25, 0.3) is 0 Å². The second-order valence-corrected chi connectivity index (χ2v) is 5.33. The highest BCUT2D eigenvalue weighted by Gasteiger charge is 2.19. The standard InChI is InChI=1S/C12H4Cl4O2/c13-5-2-1-4-8-6(14)3-7(15)10(17)12(8)18-11(4)9(5)16/h1-3,17H. The Morgan fingerprint density at radius 3 is 2.33 bits per heavy atom. The van der Waals surface area contributed by atoms with Gasteiger partial charge in [0.15, 0.2) is 16.9 Å². The van der Waals surface area contributed by atoms with Gasteiger partial charge in [-0.15, -0.1) is 0 Å². The van der Waals surface area contributed by atoms with E-state index in [1.165, 1.54) is 6.07 Å². The summed E-state index contributed by atoms with van der Waals surface area (Å²) in [5.74, 6) is -0.167. The lowest BCUT2D eigenvalue weighted by molar-refractivity contribution is 0.469. The number of benzene rings is 2. The Morgan fingerprint density at radius 2 is 1.61 bits per heavy atom. The Bertz CT molecular complexity index is 792. The SMILES string of the molecule is Oc1c(Cl)cc(Cl)c2c1oc1c(Cl)c(Cl)ccc12. The number of hydrogen-bond acceptors (Lipinski definition) is 2. The van der Waals surface area contributed by atoms with Crippen molar-refractivity contribution in [3.8, 4) is 5.75 Å². The molecule has 0 bridgehead atoms. The third-order valence-electron chi connectivity index (χ3n) is 2.68. The highest BCUT2D eigenvalue weighted by Crippen LogP contribution is 2.45. The van der Waals surface area contributed by atoms with Crippen molar-refractivity contribution in [1.82, 2.24) is 0 Å². The summed E-state index contributed by atoms with van der Waals surface area (Å²) in [5, 5.41) is 12.3. The first-order valence-electron chi connectivity index (χ1n) is 4.88. The zero-order valence-electron chi connectivity index (χ0n) is 8.60. The largest absolute Gasteiger partial charge is 0.503 e. The molecule has 0 radical (unpaired) electrons. The van der Waals surface area contributed by atoms with Gasteiger partial charge in [-0.2, -0.15) is 0 Å². The second kappa shape index (κ2) is 4.10. The molecule has 0 aliphatic carbocycles. The van der Waals surface area contributed by atoms with Crippen LogP contribution in [-0.2, 0) is 0 Å². The van der Waals surface area contributed by atoms with Crippen LogP contribution in [0.3, 0.4) is 0 Å². The van der Waals surface area contributed by atoms with Gasteiger partial charge in [0.1, 0.15) is 5.02 Å². The molecule has 1 heterocycles. The first-order valence-corrected chi connectivity index (χ1v) is 6.39. The molecule has 0 aliphatic heterocycles. The van der Waals surface area contributed by atoms with Crippen LogP contribution in [0.1, 0.15) is 0 Å². The van der Waals surface area contributed by atoms with E-state index < -0.39 is 0 Å². The van der Waals surface area contributed by atoms with Crippen LogP contribution in [0.5, 0.6) is 5.75 Å². The maximum atomic E-state index is 9.88. The summed E-state index contributed by atoms with van der Waals surface area (Å²) in [6.07, 6.45) is 0. The summed E-state index contributed by atoms with van der Waals surface area (Å²) >= 11 is 23.9. The van der Waals surface area contributed by atoms with Gasteiger partial charge in [-0.25, -0.2) is 0 Å². The van der Waals surface area contributed by atoms with Gasteiger partial charge in [-0.05, 0) is 18.2 Å². The third-order valence-corrected chi connectivity index (χ3v) is 4.06. The van der Waals surface area contributed by atoms with Crippen LogP contribution < -0.4 is 0 Å². The zero-order valence-corrected chi connectivity index (χ0v) is 11.6. The molecule has 0 fully saturated rings. The molecule has 0 atom stereocenters. The highest BCUT2D eigenvalue weighted by molar-refractivity contribution is 6.46. The van der Waals surface area contributed by atoms with E-state index in [2.05, 4.69) is 0 Å². The fourth-order valence-electron chi connectivity index (χ4n) is 1.87. The Balaban J connectivity index is 2.63. The van der Waals surface area contributed by atoms with Crippen molar-refractivity contribution in [2.75, 3.05) is 0 Å². The molecule has 1 aromatic heterocycles. The Morgan fingerprint density at radius 1 is 0.889 bits per heavy atom. The van der Waals surface area contributed by atoms with Crippen molar-refractivity contribution < 1.29 is 9.52 Å². The monoisotopic (exact) mass is 320 g/mol. The fraction of sp³-hybridized carbons (Fsp3) is 0. The molecule has 2 aromatic carbocycles. The van der Waals surface area contributed by atoms with Gasteiger partial charge >= 0.3 is 0 Å². The summed E-state index contributed by atoms with van der Waals surface area (Å²) in [4.78, 5) is 0. The van der Waals surface area contributed by atoms with Crippen LogP contribution in [0, 0.1) is 0 Å². The lowest BCUT2D eigenvalue weighted by Crippen LogP contribution is -1.74. The molecule has 0 saturated heterocycles. The molecule has 0 unspecified atom stereocenters. The van der Waals surface area contributed by atoms with E-state index in [1.54, 1.807) is 12.1 Å². The average Bonchev–Trinajstić information content (AvgIpc) is 2.72. The van der Waals surface area contributed by atoms with Crippen LogP contribution in [0.15, 0.2) is 22.6 Å². The van der Waals surface area contributed by atoms with Crippen molar-refractivity contribution >= 4 is 68.3 Å². The lowest BCUT2D eigenvalue weighted by Gasteiger charge is -1.99. The van der Waals surface area contributed by atoms with E-state index in [9.17, 15) is 5.11 Å². The average molecular weight is 322 g/mol. The number of rotatable bonds is 0. The molecule has 1 N–H and O–H groups in total. The summed E-state index contributed by atoms with van der Waals surface area (Å²) < 4.78 is 5.52. The summed E-state index contributed by atoms with van der Waals surface area (Å²) in [5.41, 5.74) is 0.574. The number of aromatic hydroxyl groups is 1. The molecule has 6 heteroatoms. The van der Waals surface area contributed by atoms with Gasteiger partial charge in [-0.3, -0.25) is 0 Å². The third kappa shape index (κ3) is 1.57. The first kappa shape index (κ1) is 12.2. The van der Waals surface area contributed by atoms with E-state index in [0.29, 0.717) is 26.4 Å². The van der Waals surface area contributed by atoms with E-state index in [0.717, 1.165) is 0 Å². The molecule has 2 nitrogen and oxygen atoms in total. The number of hydrogen-bond donors (Lipinski definition) is 1. The summed E-state index contributed by atoms with van der Waals surface area (Å²) in [6, 6.07) is 4.83. The fourth-order valence-corrected chi connectivity index (χ4v) is 2.77. The minimum Gasteiger partial charge on any atom is -0.503 e. The van der Waals surface area contributed by atoms with Gasteiger partial charge in [0.05, 0.1) is 20.5 Å². The van der Waals surface area contributed by atoms with Crippen LogP contribution in [0.25, 0.3) is 21.9 Å².